The van der Waals surface area contributed by atoms with Gasteiger partial charge in [-0.05, 0) is 49.1 Å². The van der Waals surface area contributed by atoms with Crippen molar-refractivity contribution >= 4 is 25.8 Å². The zero-order valence-corrected chi connectivity index (χ0v) is 19.1. The molecule has 9 heteroatoms. The molecule has 2 unspecified atom stereocenters. The Morgan fingerprint density at radius 1 is 1.03 bits per heavy atom. The van der Waals surface area contributed by atoms with Crippen LogP contribution in [0.1, 0.15) is 46.0 Å². The molecule has 1 aromatic carbocycles. The summed E-state index contributed by atoms with van der Waals surface area (Å²) in [6.45, 7) is 4.60. The van der Waals surface area contributed by atoms with Gasteiger partial charge in [-0.1, -0.05) is 32.0 Å². The fourth-order valence-electron chi connectivity index (χ4n) is 5.65. The second-order valence-electron chi connectivity index (χ2n) is 9.53. The van der Waals surface area contributed by atoms with Gasteiger partial charge in [0.15, 0.2) is 0 Å². The molecule has 166 valence electrons. The minimum atomic E-state index is -3.63. The number of carbonyl (C=O) groups is 1. The number of sulfonamides is 2. The third-order valence-electron chi connectivity index (χ3n) is 7.79. The highest BCUT2D eigenvalue weighted by Gasteiger charge is 2.65. The van der Waals surface area contributed by atoms with E-state index in [2.05, 4.69) is 4.72 Å². The highest BCUT2D eigenvalue weighted by molar-refractivity contribution is 7.89. The molecule has 0 spiro atoms. The smallest absolute Gasteiger partial charge is 0.240 e. The average molecular weight is 455 g/mol. The zero-order valence-electron chi connectivity index (χ0n) is 17.5. The third kappa shape index (κ3) is 3.53. The fraction of sp³-hybridized carbons (Fsp3) is 0.667. The Bertz CT molecular complexity index is 1030. The van der Waals surface area contributed by atoms with Crippen molar-refractivity contribution in [2.24, 2.45) is 16.7 Å². The average Bonchev–Trinajstić information content (AvgIpc) is 3.03. The van der Waals surface area contributed by atoms with Crippen molar-refractivity contribution in [2.45, 2.75) is 56.9 Å². The molecule has 1 saturated heterocycles. The van der Waals surface area contributed by atoms with E-state index in [-0.39, 0.29) is 46.9 Å². The van der Waals surface area contributed by atoms with Crippen molar-refractivity contribution < 1.29 is 21.6 Å². The van der Waals surface area contributed by atoms with E-state index in [0.29, 0.717) is 25.7 Å². The molecule has 3 aliphatic rings. The molecule has 4 rings (SSSR count). The summed E-state index contributed by atoms with van der Waals surface area (Å²) in [5.74, 6) is 0.249. The molecule has 2 aliphatic carbocycles. The Morgan fingerprint density at radius 3 is 2.20 bits per heavy atom. The molecule has 3 fully saturated rings. The van der Waals surface area contributed by atoms with E-state index in [4.69, 9.17) is 0 Å². The highest BCUT2D eigenvalue weighted by Crippen LogP contribution is 2.64. The molecule has 1 aromatic rings. The monoisotopic (exact) mass is 454 g/mol. The molecule has 7 nitrogen and oxygen atoms in total. The molecule has 1 N–H and O–H groups in total. The van der Waals surface area contributed by atoms with Crippen LogP contribution in [0, 0.1) is 16.7 Å². The molecule has 2 bridgehead atoms. The van der Waals surface area contributed by atoms with Crippen LogP contribution < -0.4 is 4.72 Å². The summed E-state index contributed by atoms with van der Waals surface area (Å²) in [5, 5.41) is 0. The molecule has 2 atom stereocenters. The van der Waals surface area contributed by atoms with Crippen LogP contribution in [0.5, 0.6) is 0 Å². The van der Waals surface area contributed by atoms with Crippen LogP contribution in [0.3, 0.4) is 0 Å². The number of ketones is 1. The second-order valence-corrected chi connectivity index (χ2v) is 13.2. The predicted octanol–water partition coefficient (Wildman–Crippen LogP) is 2.15. The standard InChI is InChI=1S/C21H30N2O5S2/c1-20(2)16-8-11-21(20,19(24)14-16)15-29(25,26)23-12-9-17(10-13-23)22-30(27,28)18-6-4-3-5-7-18/h3-7,16-17,22H,8-15H2,1-2H3. The minimum absolute atomic E-state index is 0.0952. The number of rotatable bonds is 6. The number of fused-ring (bicyclic) bond motifs is 2. The van der Waals surface area contributed by atoms with Gasteiger partial charge in [-0.15, -0.1) is 0 Å². The van der Waals surface area contributed by atoms with Crippen molar-refractivity contribution in [2.75, 3.05) is 18.8 Å². The lowest BCUT2D eigenvalue weighted by Gasteiger charge is -2.39. The van der Waals surface area contributed by atoms with Crippen LogP contribution in [-0.4, -0.2) is 51.8 Å². The van der Waals surface area contributed by atoms with E-state index in [1.807, 2.05) is 13.8 Å². The first-order chi connectivity index (χ1) is 14.0. The van der Waals surface area contributed by atoms with Crippen molar-refractivity contribution in [1.29, 1.82) is 0 Å². The summed E-state index contributed by atoms with van der Waals surface area (Å²) in [7, 11) is -7.22. The normalized spacial score (nSPS) is 30.1. The Hall–Kier alpha value is -1.29. The molecule has 0 radical (unpaired) electrons. The second kappa shape index (κ2) is 7.39. The maximum Gasteiger partial charge on any atom is 0.240 e. The number of hydrogen-bond acceptors (Lipinski definition) is 5. The summed E-state index contributed by atoms with van der Waals surface area (Å²) in [6, 6.07) is 7.86. The summed E-state index contributed by atoms with van der Waals surface area (Å²) < 4.78 is 55.6. The van der Waals surface area contributed by atoms with E-state index in [1.54, 1.807) is 18.2 Å². The number of piperidine rings is 1. The fourth-order valence-corrected chi connectivity index (χ4v) is 9.23. The van der Waals surface area contributed by atoms with Crippen molar-refractivity contribution in [3.05, 3.63) is 30.3 Å². The van der Waals surface area contributed by atoms with Crippen LogP contribution in [0.2, 0.25) is 0 Å². The van der Waals surface area contributed by atoms with Gasteiger partial charge in [-0.3, -0.25) is 4.79 Å². The zero-order chi connectivity index (χ0) is 21.8. The lowest BCUT2D eigenvalue weighted by atomic mass is 9.70. The van der Waals surface area contributed by atoms with Crippen molar-refractivity contribution in [3.8, 4) is 0 Å². The van der Waals surface area contributed by atoms with Gasteiger partial charge >= 0.3 is 0 Å². The molecular formula is C21H30N2O5S2. The lowest BCUT2D eigenvalue weighted by Crippen LogP contribution is -2.50. The summed E-state index contributed by atoms with van der Waals surface area (Å²) >= 11 is 0. The number of Topliss-reactive ketones (excluding diaryl/α,β-unsaturated/α-hetero) is 1. The predicted molar refractivity (Wildman–Crippen MR) is 114 cm³/mol. The lowest BCUT2D eigenvalue weighted by molar-refractivity contribution is -0.128. The first kappa shape index (κ1) is 21.9. The van der Waals surface area contributed by atoms with Crippen LogP contribution in [0.15, 0.2) is 35.2 Å². The van der Waals surface area contributed by atoms with Crippen LogP contribution in [-0.2, 0) is 24.8 Å². The van der Waals surface area contributed by atoms with E-state index in [0.717, 1.165) is 6.42 Å². The SMILES string of the molecule is CC1(C)C2CCC1(CS(=O)(=O)N1CCC(NS(=O)(=O)c3ccccc3)CC1)C(=O)C2. The first-order valence-electron chi connectivity index (χ1n) is 10.6. The van der Waals surface area contributed by atoms with E-state index in [9.17, 15) is 21.6 Å². The van der Waals surface area contributed by atoms with Crippen LogP contribution >= 0.6 is 0 Å². The molecule has 0 amide bonds. The van der Waals surface area contributed by atoms with Crippen molar-refractivity contribution in [3.63, 3.8) is 0 Å². The third-order valence-corrected chi connectivity index (χ3v) is 11.3. The van der Waals surface area contributed by atoms with Crippen LogP contribution in [0.4, 0.5) is 0 Å². The minimum Gasteiger partial charge on any atom is -0.299 e. The maximum atomic E-state index is 13.2. The van der Waals surface area contributed by atoms with Gasteiger partial charge in [0.25, 0.3) is 0 Å². The quantitative estimate of drug-likeness (QED) is 0.710. The number of hydrogen-bond donors (Lipinski definition) is 1. The molecule has 1 heterocycles. The van der Waals surface area contributed by atoms with Gasteiger partial charge < -0.3 is 0 Å². The van der Waals surface area contributed by atoms with E-state index < -0.39 is 25.5 Å². The number of nitrogens with zero attached hydrogens (tertiary/aromatic N) is 1. The van der Waals surface area contributed by atoms with Gasteiger partial charge in [0, 0.05) is 31.0 Å². The molecule has 1 aliphatic heterocycles. The van der Waals surface area contributed by atoms with Crippen molar-refractivity contribution in [1.82, 2.24) is 9.03 Å². The van der Waals surface area contributed by atoms with E-state index in [1.165, 1.54) is 16.4 Å². The van der Waals surface area contributed by atoms with E-state index >= 15 is 0 Å². The van der Waals surface area contributed by atoms with Gasteiger partial charge in [-0.25, -0.2) is 25.9 Å². The van der Waals surface area contributed by atoms with Gasteiger partial charge in [0.05, 0.1) is 10.6 Å². The summed E-state index contributed by atoms with van der Waals surface area (Å²) in [5.41, 5.74) is -1.07. The topological polar surface area (TPSA) is 101 Å². The van der Waals surface area contributed by atoms with Gasteiger partial charge in [-0.2, -0.15) is 0 Å². The Kier molecular flexibility index (Phi) is 5.40. The molecule has 30 heavy (non-hydrogen) atoms. The Balaban J connectivity index is 1.41. The molecular weight excluding hydrogens is 424 g/mol. The number of nitrogens with one attached hydrogen (secondary N) is 1. The maximum absolute atomic E-state index is 13.2. The molecule has 0 aromatic heterocycles. The molecule has 2 saturated carbocycles. The van der Waals surface area contributed by atoms with Crippen LogP contribution in [0.25, 0.3) is 0 Å². The largest absolute Gasteiger partial charge is 0.299 e. The van der Waals surface area contributed by atoms with Gasteiger partial charge in [0.2, 0.25) is 20.0 Å². The number of benzene rings is 1. The number of carbonyl (C=O) groups excluding carboxylic acids is 1. The Labute approximate surface area is 179 Å². The van der Waals surface area contributed by atoms with Gasteiger partial charge in [0.1, 0.15) is 5.78 Å². The first-order valence-corrected chi connectivity index (χ1v) is 13.7. The summed E-state index contributed by atoms with van der Waals surface area (Å²) in [6.07, 6.45) is 2.88. The Morgan fingerprint density at radius 2 is 1.67 bits per heavy atom. The summed E-state index contributed by atoms with van der Waals surface area (Å²) in [4.78, 5) is 12.9. The highest BCUT2D eigenvalue weighted by atomic mass is 32.2.